The van der Waals surface area contributed by atoms with E-state index in [-0.39, 0.29) is 11.4 Å². The van der Waals surface area contributed by atoms with Crippen LogP contribution >= 0.6 is 7.14 Å². The minimum atomic E-state index is -3.32. The summed E-state index contributed by atoms with van der Waals surface area (Å²) in [4.78, 5) is 10.7. The maximum atomic E-state index is 13.0. The molecule has 1 atom stereocenters. The second-order valence-electron chi connectivity index (χ2n) is 11.9. The Kier molecular flexibility index (Phi) is 8.19. The highest BCUT2D eigenvalue weighted by Gasteiger charge is 2.37. The Bertz CT molecular complexity index is 1760. The number of nitrogens with zero attached hydrogens (tertiary/aromatic N) is 2. The van der Waals surface area contributed by atoms with Crippen LogP contribution in [-0.4, -0.2) is 93.8 Å². The fraction of sp³-hybridized carbons (Fsp3) is 0.452. The summed E-state index contributed by atoms with van der Waals surface area (Å²) in [7, 11) is -5.50. The zero-order chi connectivity index (χ0) is 29.5. The van der Waals surface area contributed by atoms with Crippen LogP contribution in [0, 0.1) is 6.92 Å². The molecular formula is C31H38N3O6PS. The van der Waals surface area contributed by atoms with Crippen molar-refractivity contribution < 1.29 is 27.2 Å². The summed E-state index contributed by atoms with van der Waals surface area (Å²) in [5.41, 5.74) is 4.37. The number of morpholine rings is 1. The van der Waals surface area contributed by atoms with Crippen LogP contribution < -0.4 is 4.74 Å². The van der Waals surface area contributed by atoms with E-state index in [2.05, 4.69) is 20.9 Å². The first kappa shape index (κ1) is 29.3. The molecule has 2 fully saturated rings. The average Bonchev–Trinajstić information content (AvgIpc) is 3.76. The quantitative estimate of drug-likeness (QED) is 0.180. The molecule has 11 heteroatoms. The lowest BCUT2D eigenvalue weighted by molar-refractivity contribution is -0.0524. The van der Waals surface area contributed by atoms with Gasteiger partial charge in [0.05, 0.1) is 35.2 Å². The van der Waals surface area contributed by atoms with Gasteiger partial charge in [0.2, 0.25) is 0 Å². The van der Waals surface area contributed by atoms with E-state index in [1.54, 1.807) is 25.5 Å². The van der Waals surface area contributed by atoms with Gasteiger partial charge in [-0.05, 0) is 80.1 Å². The van der Waals surface area contributed by atoms with Crippen LogP contribution in [0.2, 0.25) is 0 Å². The molecule has 1 saturated heterocycles. The highest BCUT2D eigenvalue weighted by atomic mass is 32.2. The number of aromatic nitrogens is 2. The van der Waals surface area contributed by atoms with E-state index in [4.69, 9.17) is 14.2 Å². The minimum absolute atomic E-state index is 0.106. The number of hydrogen-bond donors (Lipinski definition) is 1. The number of rotatable bonds is 11. The van der Waals surface area contributed by atoms with Gasteiger partial charge < -0.3 is 23.8 Å². The summed E-state index contributed by atoms with van der Waals surface area (Å²) >= 11 is 0. The Morgan fingerprint density at radius 2 is 2.00 bits per heavy atom. The van der Waals surface area contributed by atoms with Crippen LogP contribution in [0.1, 0.15) is 18.4 Å². The fourth-order valence-corrected chi connectivity index (χ4v) is 7.75. The normalized spacial score (nSPS) is 18.6. The third-order valence-electron chi connectivity index (χ3n) is 7.74. The van der Waals surface area contributed by atoms with Crippen LogP contribution in [0.15, 0.2) is 53.6 Å². The lowest BCUT2D eigenvalue weighted by atomic mass is 9.99. The molecule has 0 unspecified atom stereocenters. The molecule has 4 aromatic rings. The molecular weight excluding hydrogens is 573 g/mol. The van der Waals surface area contributed by atoms with E-state index in [1.807, 2.05) is 37.4 Å². The third-order valence-corrected chi connectivity index (χ3v) is 10.8. The summed E-state index contributed by atoms with van der Waals surface area (Å²) in [5, 5.41) is 1.65. The number of aromatic amines is 1. The van der Waals surface area contributed by atoms with E-state index in [0.717, 1.165) is 71.1 Å². The number of sulfone groups is 1. The molecule has 3 heterocycles. The van der Waals surface area contributed by atoms with E-state index < -0.39 is 17.0 Å². The smallest absolute Gasteiger partial charge is 0.181 e. The van der Waals surface area contributed by atoms with E-state index in [0.29, 0.717) is 36.8 Å². The van der Waals surface area contributed by atoms with Crippen molar-refractivity contribution >= 4 is 38.9 Å². The third kappa shape index (κ3) is 6.43. The van der Waals surface area contributed by atoms with E-state index in [9.17, 15) is 13.0 Å². The molecule has 2 aromatic heterocycles. The SMILES string of the molecule is Cc1cnc2[nH]c3c(OC[C@@H]4CN(CCOCP(C)(C)=O)CCO4)ccc(-c4cccc(S(=O)(=O)C5CC5)c4)c3c2c1. The summed E-state index contributed by atoms with van der Waals surface area (Å²) in [6, 6.07) is 13.3. The lowest BCUT2D eigenvalue weighted by Crippen LogP contribution is -2.46. The van der Waals surface area contributed by atoms with Gasteiger partial charge in [-0.25, -0.2) is 13.4 Å². The van der Waals surface area contributed by atoms with Gasteiger partial charge in [0, 0.05) is 36.6 Å². The van der Waals surface area contributed by atoms with Crippen LogP contribution in [0.3, 0.4) is 0 Å². The molecule has 6 rings (SSSR count). The van der Waals surface area contributed by atoms with E-state index in [1.165, 1.54) is 0 Å². The Hall–Kier alpha value is -2.75. The number of aryl methyl sites for hydroxylation is 1. The molecule has 1 N–H and O–H groups in total. The molecule has 2 aliphatic rings. The van der Waals surface area contributed by atoms with Gasteiger partial charge in [0.25, 0.3) is 0 Å². The highest BCUT2D eigenvalue weighted by Crippen LogP contribution is 2.41. The monoisotopic (exact) mass is 611 g/mol. The maximum absolute atomic E-state index is 13.0. The van der Waals surface area contributed by atoms with Crippen molar-refractivity contribution in [2.24, 2.45) is 0 Å². The number of ether oxygens (including phenoxy) is 3. The summed E-state index contributed by atoms with van der Waals surface area (Å²) in [6.07, 6.45) is 3.48. The van der Waals surface area contributed by atoms with Gasteiger partial charge in [-0.2, -0.15) is 0 Å². The molecule has 0 spiro atoms. The Morgan fingerprint density at radius 1 is 1.17 bits per heavy atom. The Labute approximate surface area is 246 Å². The van der Waals surface area contributed by atoms with Crippen LogP contribution in [-0.2, 0) is 23.9 Å². The van der Waals surface area contributed by atoms with Crippen molar-refractivity contribution in [3.63, 3.8) is 0 Å². The van der Waals surface area contributed by atoms with Crippen molar-refractivity contribution in [1.82, 2.24) is 14.9 Å². The standard InChI is InChI=1S/C31H38N3O6PS/c1-21-15-27-29-26(22-5-4-6-25(16-22)42(36,37)24-7-8-24)9-10-28(30(29)33-31(27)32-17-21)40-19-23-18-34(12-14-39-23)11-13-38-20-41(2,3)35/h4-6,9-10,15-17,23-24H,7-8,11-14,18-20H2,1-3H3,(H,32,33)/t23-/m0/s1. The van der Waals surface area contributed by atoms with Gasteiger partial charge in [-0.15, -0.1) is 0 Å². The van der Waals surface area contributed by atoms with E-state index >= 15 is 0 Å². The molecule has 0 amide bonds. The molecule has 1 saturated carbocycles. The minimum Gasteiger partial charge on any atom is -0.489 e. The van der Waals surface area contributed by atoms with Crippen LogP contribution in [0.4, 0.5) is 0 Å². The maximum Gasteiger partial charge on any atom is 0.181 e. The number of hydrogen-bond acceptors (Lipinski definition) is 8. The lowest BCUT2D eigenvalue weighted by Gasteiger charge is -2.32. The zero-order valence-corrected chi connectivity index (χ0v) is 26.0. The van der Waals surface area contributed by atoms with Crippen LogP contribution in [0.25, 0.3) is 33.1 Å². The molecule has 1 aliphatic heterocycles. The summed E-state index contributed by atoms with van der Waals surface area (Å²) in [6.45, 7) is 9.29. The molecule has 0 bridgehead atoms. The van der Waals surface area contributed by atoms with Crippen LogP contribution in [0.5, 0.6) is 5.75 Å². The first-order valence-corrected chi connectivity index (χ1v) is 18.8. The number of fused-ring (bicyclic) bond motifs is 3. The van der Waals surface area contributed by atoms with Gasteiger partial charge in [0.15, 0.2) is 9.84 Å². The predicted octanol–water partition coefficient (Wildman–Crippen LogP) is 5.30. The Morgan fingerprint density at radius 3 is 2.79 bits per heavy atom. The summed E-state index contributed by atoms with van der Waals surface area (Å²) in [5.74, 6) is 0.692. The number of pyridine rings is 1. The van der Waals surface area contributed by atoms with Crippen molar-refractivity contribution in [1.29, 1.82) is 0 Å². The fourth-order valence-electron chi connectivity index (χ4n) is 5.48. The second-order valence-corrected chi connectivity index (χ2v) is 17.5. The second kappa shape index (κ2) is 11.7. The average molecular weight is 612 g/mol. The number of H-pyrrole nitrogens is 1. The van der Waals surface area contributed by atoms with Gasteiger partial charge in [-0.3, -0.25) is 4.90 Å². The van der Waals surface area contributed by atoms with Crippen molar-refractivity contribution in [3.05, 3.63) is 54.2 Å². The molecule has 2 aromatic carbocycles. The van der Waals surface area contributed by atoms with Gasteiger partial charge in [-0.1, -0.05) is 12.1 Å². The highest BCUT2D eigenvalue weighted by molar-refractivity contribution is 7.92. The Balaban J connectivity index is 1.25. The van der Waals surface area contributed by atoms with Gasteiger partial charge >= 0.3 is 0 Å². The largest absolute Gasteiger partial charge is 0.489 e. The van der Waals surface area contributed by atoms with Crippen molar-refractivity contribution in [2.75, 3.05) is 59.1 Å². The number of benzene rings is 2. The van der Waals surface area contributed by atoms with Crippen molar-refractivity contribution in [3.8, 4) is 16.9 Å². The molecule has 9 nitrogen and oxygen atoms in total. The van der Waals surface area contributed by atoms with Gasteiger partial charge in [0.1, 0.15) is 31.2 Å². The predicted molar refractivity (Wildman–Crippen MR) is 166 cm³/mol. The molecule has 224 valence electrons. The summed E-state index contributed by atoms with van der Waals surface area (Å²) < 4.78 is 55.9. The number of nitrogens with one attached hydrogen (secondary N) is 1. The molecule has 1 aliphatic carbocycles. The zero-order valence-electron chi connectivity index (χ0n) is 24.3. The molecule has 42 heavy (non-hydrogen) atoms. The first-order valence-electron chi connectivity index (χ1n) is 14.4. The topological polar surface area (TPSA) is 111 Å². The first-order chi connectivity index (χ1) is 20.1. The van der Waals surface area contributed by atoms with Crippen molar-refractivity contribution in [2.45, 2.75) is 36.0 Å². The molecule has 0 radical (unpaired) electrons.